The van der Waals surface area contributed by atoms with E-state index in [-0.39, 0.29) is 18.9 Å². The predicted molar refractivity (Wildman–Crippen MR) is 65.5 cm³/mol. The molecule has 2 rings (SSSR count). The molecule has 0 radical (unpaired) electrons. The Hall–Kier alpha value is -1.03. The minimum Gasteiger partial charge on any atom is -0.314 e. The summed E-state index contributed by atoms with van der Waals surface area (Å²) in [5, 5.41) is 3.20. The predicted octanol–water partition coefficient (Wildman–Crippen LogP) is 3.47. The van der Waals surface area contributed by atoms with Gasteiger partial charge in [-0.25, -0.2) is 0 Å². The van der Waals surface area contributed by atoms with Crippen LogP contribution in [0, 0.1) is 12.8 Å². The van der Waals surface area contributed by atoms with E-state index in [0.29, 0.717) is 13.0 Å². The van der Waals surface area contributed by atoms with Crippen LogP contribution in [-0.2, 0) is 6.42 Å². The first kappa shape index (κ1) is 13.4. The van der Waals surface area contributed by atoms with Crippen LogP contribution in [0.15, 0.2) is 24.3 Å². The van der Waals surface area contributed by atoms with Gasteiger partial charge in [0.15, 0.2) is 0 Å². The Labute approximate surface area is 105 Å². The van der Waals surface area contributed by atoms with Crippen molar-refractivity contribution in [2.24, 2.45) is 5.92 Å². The first-order valence-corrected chi connectivity index (χ1v) is 6.31. The van der Waals surface area contributed by atoms with E-state index in [1.54, 1.807) is 0 Å². The summed E-state index contributed by atoms with van der Waals surface area (Å²) in [4.78, 5) is 0. The Kier molecular flexibility index (Phi) is 3.95. The number of alkyl halides is 3. The van der Waals surface area contributed by atoms with Crippen molar-refractivity contribution in [1.82, 2.24) is 5.32 Å². The largest absolute Gasteiger partial charge is 0.391 e. The van der Waals surface area contributed by atoms with Crippen LogP contribution in [0.1, 0.15) is 24.0 Å². The van der Waals surface area contributed by atoms with Crippen molar-refractivity contribution < 1.29 is 13.2 Å². The van der Waals surface area contributed by atoms with E-state index in [1.807, 2.05) is 31.2 Å². The molecule has 0 amide bonds. The molecular formula is C14H18F3N. The fraction of sp³-hybridized carbons (Fsp3) is 0.571. The summed E-state index contributed by atoms with van der Waals surface area (Å²) in [7, 11) is 0. The van der Waals surface area contributed by atoms with Gasteiger partial charge in [-0.1, -0.05) is 24.3 Å². The van der Waals surface area contributed by atoms with Gasteiger partial charge in [-0.15, -0.1) is 0 Å². The van der Waals surface area contributed by atoms with Crippen molar-refractivity contribution in [1.29, 1.82) is 0 Å². The molecule has 0 bridgehead atoms. The van der Waals surface area contributed by atoms with Gasteiger partial charge in [-0.2, -0.15) is 13.2 Å². The molecule has 1 N–H and O–H groups in total. The second-order valence-corrected chi connectivity index (χ2v) is 5.04. The third-order valence-electron chi connectivity index (χ3n) is 3.69. The number of benzene rings is 1. The number of nitrogens with one attached hydrogen (secondary N) is 1. The maximum absolute atomic E-state index is 12.7. The molecule has 1 saturated heterocycles. The van der Waals surface area contributed by atoms with Crippen LogP contribution in [-0.4, -0.2) is 18.8 Å². The standard InChI is InChI=1S/C14H18F3N/c1-10-4-2-3-5-11(10)8-13-9-12(6-7-18-13)14(15,16)17/h2-5,12-13,18H,6-9H2,1H3. The number of aryl methyl sites for hydroxylation is 1. The fourth-order valence-corrected chi connectivity index (χ4v) is 2.56. The molecular weight excluding hydrogens is 239 g/mol. The highest BCUT2D eigenvalue weighted by Crippen LogP contribution is 2.34. The Bertz CT molecular complexity index is 400. The zero-order chi connectivity index (χ0) is 13.2. The molecule has 4 heteroatoms. The Balaban J connectivity index is 2.00. The summed E-state index contributed by atoms with van der Waals surface area (Å²) in [5.41, 5.74) is 2.28. The SMILES string of the molecule is Cc1ccccc1CC1CC(C(F)(F)F)CCN1. The second kappa shape index (κ2) is 5.31. The molecule has 18 heavy (non-hydrogen) atoms. The highest BCUT2D eigenvalue weighted by Gasteiger charge is 2.41. The average Bonchev–Trinajstić information content (AvgIpc) is 2.31. The highest BCUT2D eigenvalue weighted by molar-refractivity contribution is 5.26. The van der Waals surface area contributed by atoms with E-state index >= 15 is 0 Å². The minimum absolute atomic E-state index is 0.0634. The Morgan fingerprint density at radius 1 is 1.28 bits per heavy atom. The van der Waals surface area contributed by atoms with E-state index in [2.05, 4.69) is 5.32 Å². The molecule has 2 unspecified atom stereocenters. The first-order valence-electron chi connectivity index (χ1n) is 6.31. The lowest BCUT2D eigenvalue weighted by molar-refractivity contribution is -0.183. The smallest absolute Gasteiger partial charge is 0.314 e. The summed E-state index contributed by atoms with van der Waals surface area (Å²) in [6, 6.07) is 7.82. The lowest BCUT2D eigenvalue weighted by atomic mass is 9.88. The van der Waals surface area contributed by atoms with Crippen molar-refractivity contribution in [3.05, 3.63) is 35.4 Å². The maximum atomic E-state index is 12.7. The lowest BCUT2D eigenvalue weighted by Crippen LogP contribution is -2.43. The molecule has 1 aromatic carbocycles. The van der Waals surface area contributed by atoms with Crippen LogP contribution in [0.25, 0.3) is 0 Å². The molecule has 100 valence electrons. The normalized spacial score (nSPS) is 25.1. The van der Waals surface area contributed by atoms with E-state index in [9.17, 15) is 13.2 Å². The second-order valence-electron chi connectivity index (χ2n) is 5.04. The molecule has 0 aromatic heterocycles. The molecule has 1 aliphatic heterocycles. The van der Waals surface area contributed by atoms with Gasteiger partial charge in [0.05, 0.1) is 5.92 Å². The topological polar surface area (TPSA) is 12.0 Å². The molecule has 1 aliphatic rings. The van der Waals surface area contributed by atoms with Crippen molar-refractivity contribution in [3.8, 4) is 0 Å². The molecule has 1 fully saturated rings. The number of rotatable bonds is 2. The van der Waals surface area contributed by atoms with E-state index < -0.39 is 12.1 Å². The van der Waals surface area contributed by atoms with Crippen LogP contribution >= 0.6 is 0 Å². The van der Waals surface area contributed by atoms with Crippen molar-refractivity contribution in [3.63, 3.8) is 0 Å². The molecule has 0 aliphatic carbocycles. The molecule has 1 heterocycles. The van der Waals surface area contributed by atoms with Crippen LogP contribution in [0.5, 0.6) is 0 Å². The minimum atomic E-state index is -4.05. The fourth-order valence-electron chi connectivity index (χ4n) is 2.56. The van der Waals surface area contributed by atoms with Crippen LogP contribution in [0.2, 0.25) is 0 Å². The van der Waals surface area contributed by atoms with E-state index in [0.717, 1.165) is 11.1 Å². The van der Waals surface area contributed by atoms with Gasteiger partial charge >= 0.3 is 6.18 Å². The van der Waals surface area contributed by atoms with Crippen molar-refractivity contribution in [2.75, 3.05) is 6.54 Å². The van der Waals surface area contributed by atoms with Crippen LogP contribution in [0.4, 0.5) is 13.2 Å². The molecule has 1 nitrogen and oxygen atoms in total. The molecule has 2 atom stereocenters. The van der Waals surface area contributed by atoms with Crippen molar-refractivity contribution >= 4 is 0 Å². The third kappa shape index (κ3) is 3.25. The molecule has 0 spiro atoms. The van der Waals surface area contributed by atoms with E-state index in [1.165, 1.54) is 0 Å². The van der Waals surface area contributed by atoms with Crippen molar-refractivity contribution in [2.45, 2.75) is 38.4 Å². The zero-order valence-electron chi connectivity index (χ0n) is 10.4. The van der Waals surface area contributed by atoms with Gasteiger partial charge in [0.2, 0.25) is 0 Å². The van der Waals surface area contributed by atoms with E-state index in [4.69, 9.17) is 0 Å². The maximum Gasteiger partial charge on any atom is 0.391 e. The first-order chi connectivity index (χ1) is 8.47. The highest BCUT2D eigenvalue weighted by atomic mass is 19.4. The monoisotopic (exact) mass is 257 g/mol. The summed E-state index contributed by atoms with van der Waals surface area (Å²) >= 11 is 0. The Morgan fingerprint density at radius 2 is 2.00 bits per heavy atom. The lowest BCUT2D eigenvalue weighted by Gasteiger charge is -2.32. The zero-order valence-corrected chi connectivity index (χ0v) is 10.4. The summed E-state index contributed by atoms with van der Waals surface area (Å²) in [6.45, 7) is 2.46. The summed E-state index contributed by atoms with van der Waals surface area (Å²) < 4.78 is 38.1. The number of hydrogen-bond acceptors (Lipinski definition) is 1. The summed E-state index contributed by atoms with van der Waals surface area (Å²) in [6.07, 6.45) is -2.98. The third-order valence-corrected chi connectivity index (χ3v) is 3.69. The molecule has 1 aromatic rings. The van der Waals surface area contributed by atoms with Gasteiger partial charge in [0.25, 0.3) is 0 Å². The van der Waals surface area contributed by atoms with Gasteiger partial charge in [0, 0.05) is 6.04 Å². The Morgan fingerprint density at radius 3 is 2.67 bits per heavy atom. The summed E-state index contributed by atoms with van der Waals surface area (Å²) in [5.74, 6) is -1.15. The van der Waals surface area contributed by atoms with Gasteiger partial charge in [-0.05, 0) is 43.9 Å². The number of halogens is 3. The quantitative estimate of drug-likeness (QED) is 0.855. The number of hydrogen-bond donors (Lipinski definition) is 1. The van der Waals surface area contributed by atoms with Gasteiger partial charge in [-0.3, -0.25) is 0 Å². The molecule has 0 saturated carbocycles. The van der Waals surface area contributed by atoms with Crippen LogP contribution in [0.3, 0.4) is 0 Å². The van der Waals surface area contributed by atoms with Gasteiger partial charge < -0.3 is 5.32 Å². The van der Waals surface area contributed by atoms with Crippen LogP contribution < -0.4 is 5.32 Å². The van der Waals surface area contributed by atoms with Gasteiger partial charge in [0.1, 0.15) is 0 Å². The average molecular weight is 257 g/mol. The number of piperidine rings is 1.